The van der Waals surface area contributed by atoms with Gasteiger partial charge in [0.2, 0.25) is 0 Å². The number of benzene rings is 1. The third-order valence-corrected chi connectivity index (χ3v) is 3.83. The van der Waals surface area contributed by atoms with Crippen LogP contribution in [0.2, 0.25) is 5.02 Å². The van der Waals surface area contributed by atoms with Crippen LogP contribution in [0.3, 0.4) is 0 Å². The molecule has 2 atom stereocenters. The van der Waals surface area contributed by atoms with Gasteiger partial charge in [-0.2, -0.15) is 0 Å². The Kier molecular flexibility index (Phi) is 8.23. The molecule has 120 valence electrons. The van der Waals surface area contributed by atoms with Crippen molar-refractivity contribution in [1.29, 1.82) is 0 Å². The summed E-state index contributed by atoms with van der Waals surface area (Å²) in [5.74, 6) is 0.0445. The summed E-state index contributed by atoms with van der Waals surface area (Å²) in [5, 5.41) is 3.68. The molecule has 1 N–H and O–H groups in total. The van der Waals surface area contributed by atoms with Gasteiger partial charge in [0.1, 0.15) is 5.82 Å². The van der Waals surface area contributed by atoms with E-state index in [0.717, 1.165) is 13.0 Å². The number of hydrogen-bond acceptors (Lipinski definition) is 2. The maximum Gasteiger partial charge on any atom is 0.145 e. The molecule has 1 aromatic carbocycles. The summed E-state index contributed by atoms with van der Waals surface area (Å²) in [7, 11) is 0. The highest BCUT2D eigenvalue weighted by Crippen LogP contribution is 2.22. The molecule has 2 unspecified atom stereocenters. The maximum atomic E-state index is 14.1. The Morgan fingerprint density at radius 2 is 2.00 bits per heavy atom. The summed E-state index contributed by atoms with van der Waals surface area (Å²) >= 11 is 5.88. The van der Waals surface area contributed by atoms with Gasteiger partial charge in [-0.05, 0) is 43.9 Å². The van der Waals surface area contributed by atoms with E-state index in [4.69, 9.17) is 16.3 Å². The average molecular weight is 316 g/mol. The van der Waals surface area contributed by atoms with Gasteiger partial charge in [-0.1, -0.05) is 44.5 Å². The van der Waals surface area contributed by atoms with Gasteiger partial charge in [-0.15, -0.1) is 0 Å². The van der Waals surface area contributed by atoms with Crippen molar-refractivity contribution in [3.8, 4) is 0 Å². The number of rotatable bonds is 9. The molecule has 0 aliphatic heterocycles. The van der Waals surface area contributed by atoms with Crippen LogP contribution in [0.25, 0.3) is 0 Å². The smallest absolute Gasteiger partial charge is 0.145 e. The predicted molar refractivity (Wildman–Crippen MR) is 87.4 cm³/mol. The Labute approximate surface area is 133 Å². The van der Waals surface area contributed by atoms with Crippen LogP contribution in [0.15, 0.2) is 18.2 Å². The number of halogens is 2. The first kappa shape index (κ1) is 18.4. The topological polar surface area (TPSA) is 21.3 Å². The highest BCUT2D eigenvalue weighted by molar-refractivity contribution is 6.30. The van der Waals surface area contributed by atoms with Gasteiger partial charge in [0.15, 0.2) is 0 Å². The van der Waals surface area contributed by atoms with E-state index in [2.05, 4.69) is 26.1 Å². The summed E-state index contributed by atoms with van der Waals surface area (Å²) in [6, 6.07) is 5.25. The van der Waals surface area contributed by atoms with Crippen LogP contribution in [-0.2, 0) is 11.2 Å². The molecule has 0 aliphatic rings. The van der Waals surface area contributed by atoms with Gasteiger partial charge >= 0.3 is 0 Å². The molecule has 1 rings (SSSR count). The van der Waals surface area contributed by atoms with Crippen molar-refractivity contribution in [2.45, 2.75) is 52.7 Å². The van der Waals surface area contributed by atoms with Crippen molar-refractivity contribution >= 4 is 11.6 Å². The fourth-order valence-corrected chi connectivity index (χ4v) is 2.74. The lowest BCUT2D eigenvalue weighted by Gasteiger charge is -2.31. The molecular formula is C17H27ClFNO. The van der Waals surface area contributed by atoms with E-state index in [1.165, 1.54) is 0 Å². The van der Waals surface area contributed by atoms with Crippen molar-refractivity contribution in [2.24, 2.45) is 5.92 Å². The molecule has 4 heteroatoms. The highest BCUT2D eigenvalue weighted by atomic mass is 35.5. The van der Waals surface area contributed by atoms with Crippen molar-refractivity contribution in [1.82, 2.24) is 5.32 Å². The fourth-order valence-electron chi connectivity index (χ4n) is 2.54. The lowest BCUT2D eigenvalue weighted by molar-refractivity contribution is 0.00346. The Balaban J connectivity index is 2.93. The van der Waals surface area contributed by atoms with Crippen molar-refractivity contribution in [2.75, 3.05) is 13.2 Å². The highest BCUT2D eigenvalue weighted by Gasteiger charge is 2.26. The first-order valence-electron chi connectivity index (χ1n) is 7.79. The summed E-state index contributed by atoms with van der Waals surface area (Å²) in [5.41, 5.74) is 0.640. The molecule has 21 heavy (non-hydrogen) atoms. The van der Waals surface area contributed by atoms with E-state index in [9.17, 15) is 4.39 Å². The summed E-state index contributed by atoms with van der Waals surface area (Å²) < 4.78 is 20.0. The van der Waals surface area contributed by atoms with Gasteiger partial charge in [-0.25, -0.2) is 4.39 Å². The standard InChI is InChI=1S/C17H27ClFNO/c1-5-10-20-15(17(12(3)4)21-6-2)11-13-8-7-9-14(18)16(13)19/h7-9,12,15,17,20H,5-6,10-11H2,1-4H3. The molecule has 2 nitrogen and oxygen atoms in total. The second-order valence-corrected chi connectivity index (χ2v) is 6.05. The van der Waals surface area contributed by atoms with Gasteiger partial charge in [0, 0.05) is 12.6 Å². The molecule has 0 bridgehead atoms. The molecule has 0 amide bonds. The average Bonchev–Trinajstić information content (AvgIpc) is 2.45. The number of ether oxygens (including phenoxy) is 1. The molecule has 0 aromatic heterocycles. The largest absolute Gasteiger partial charge is 0.377 e. The number of nitrogens with one attached hydrogen (secondary N) is 1. The molecule has 0 spiro atoms. The van der Waals surface area contributed by atoms with E-state index in [1.807, 2.05) is 6.92 Å². The third kappa shape index (κ3) is 5.57. The molecule has 0 fully saturated rings. The molecule has 1 aromatic rings. The molecule has 0 radical (unpaired) electrons. The van der Waals surface area contributed by atoms with Crippen LogP contribution < -0.4 is 5.32 Å². The van der Waals surface area contributed by atoms with E-state index in [-0.39, 0.29) is 23.0 Å². The molecule has 0 saturated carbocycles. The van der Waals surface area contributed by atoms with Crippen molar-refractivity contribution in [3.63, 3.8) is 0 Å². The molecule has 0 aliphatic carbocycles. The second-order valence-electron chi connectivity index (χ2n) is 5.64. The van der Waals surface area contributed by atoms with Crippen molar-refractivity contribution in [3.05, 3.63) is 34.6 Å². The van der Waals surface area contributed by atoms with Crippen LogP contribution in [0.1, 0.15) is 39.7 Å². The van der Waals surface area contributed by atoms with Gasteiger partial charge in [0.05, 0.1) is 11.1 Å². The summed E-state index contributed by atoms with van der Waals surface area (Å²) in [6.45, 7) is 9.93. The first-order chi connectivity index (χ1) is 10.0. The third-order valence-electron chi connectivity index (χ3n) is 3.54. The maximum absolute atomic E-state index is 14.1. The van der Waals surface area contributed by atoms with Gasteiger partial charge < -0.3 is 10.1 Å². The van der Waals surface area contributed by atoms with Crippen LogP contribution in [-0.4, -0.2) is 25.3 Å². The van der Waals surface area contributed by atoms with E-state index < -0.39 is 0 Å². The predicted octanol–water partition coefficient (Wildman–Crippen LogP) is 4.45. The zero-order valence-corrected chi connectivity index (χ0v) is 14.2. The normalized spacial score (nSPS) is 14.4. The van der Waals surface area contributed by atoms with E-state index in [1.54, 1.807) is 18.2 Å². The second kappa shape index (κ2) is 9.39. The Morgan fingerprint density at radius 3 is 2.57 bits per heavy atom. The van der Waals surface area contributed by atoms with E-state index in [0.29, 0.717) is 24.5 Å². The van der Waals surface area contributed by atoms with Gasteiger partial charge in [0.25, 0.3) is 0 Å². The zero-order valence-electron chi connectivity index (χ0n) is 13.5. The molecular weight excluding hydrogens is 289 g/mol. The fraction of sp³-hybridized carbons (Fsp3) is 0.647. The Hall–Kier alpha value is -0.640. The van der Waals surface area contributed by atoms with Crippen LogP contribution in [0.5, 0.6) is 0 Å². The van der Waals surface area contributed by atoms with Crippen LogP contribution in [0, 0.1) is 11.7 Å². The number of hydrogen-bond donors (Lipinski definition) is 1. The SMILES string of the molecule is CCCNC(Cc1cccc(Cl)c1F)C(OCC)C(C)C. The Morgan fingerprint density at radius 1 is 1.29 bits per heavy atom. The quantitative estimate of drug-likeness (QED) is 0.727. The Bertz CT molecular complexity index is 425. The minimum Gasteiger partial charge on any atom is -0.377 e. The minimum absolute atomic E-state index is 0.0555. The zero-order chi connectivity index (χ0) is 15.8. The summed E-state index contributed by atoms with van der Waals surface area (Å²) in [4.78, 5) is 0. The first-order valence-corrected chi connectivity index (χ1v) is 8.16. The van der Waals surface area contributed by atoms with Crippen LogP contribution in [0.4, 0.5) is 4.39 Å². The van der Waals surface area contributed by atoms with Crippen LogP contribution >= 0.6 is 11.6 Å². The van der Waals surface area contributed by atoms with Gasteiger partial charge in [-0.3, -0.25) is 0 Å². The van der Waals surface area contributed by atoms with E-state index >= 15 is 0 Å². The molecule has 0 heterocycles. The minimum atomic E-state index is -0.318. The summed E-state index contributed by atoms with van der Waals surface area (Å²) in [6.07, 6.45) is 1.67. The molecule has 0 saturated heterocycles. The lowest BCUT2D eigenvalue weighted by Crippen LogP contribution is -2.46. The van der Waals surface area contributed by atoms with Crippen molar-refractivity contribution < 1.29 is 9.13 Å². The monoisotopic (exact) mass is 315 g/mol. The lowest BCUT2D eigenvalue weighted by atomic mass is 9.93.